The Balaban J connectivity index is 3.21. The summed E-state index contributed by atoms with van der Waals surface area (Å²) in [4.78, 5) is 26.1. The molecule has 126 valence electrons. The number of methoxy groups -OCH3 is 3. The number of nitrogens with zero attached hydrogens (tertiary/aromatic N) is 1. The van der Waals surface area contributed by atoms with E-state index < -0.39 is 11.8 Å². The van der Waals surface area contributed by atoms with Gasteiger partial charge in [-0.2, -0.15) is 0 Å². The van der Waals surface area contributed by atoms with Gasteiger partial charge in [0, 0.05) is 33.5 Å². The second-order valence-electron chi connectivity index (χ2n) is 4.74. The van der Waals surface area contributed by atoms with Crippen LogP contribution in [0.1, 0.15) is 10.4 Å². The molecule has 0 aromatic heterocycles. The number of hydrogen-bond donors (Lipinski definition) is 0. The van der Waals surface area contributed by atoms with Crippen molar-refractivity contribution in [2.45, 2.75) is 0 Å². The molecule has 0 saturated heterocycles. The topological polar surface area (TPSA) is 74.3 Å². The van der Waals surface area contributed by atoms with Gasteiger partial charge in [-0.1, -0.05) is 0 Å². The molecule has 1 rings (SSSR count). The molecular weight excluding hydrogens is 302 g/mol. The minimum absolute atomic E-state index is 0.0738. The molecule has 7 heteroatoms. The van der Waals surface area contributed by atoms with E-state index in [-0.39, 0.29) is 23.7 Å². The van der Waals surface area contributed by atoms with Gasteiger partial charge in [0.1, 0.15) is 17.1 Å². The van der Waals surface area contributed by atoms with Crippen LogP contribution in [0, 0.1) is 0 Å². The van der Waals surface area contributed by atoms with Crippen LogP contribution in [0.5, 0.6) is 11.5 Å². The summed E-state index contributed by atoms with van der Waals surface area (Å²) in [5.41, 5.74) is 0.136. The second kappa shape index (κ2) is 8.79. The van der Waals surface area contributed by atoms with Gasteiger partial charge < -0.3 is 23.8 Å². The van der Waals surface area contributed by atoms with E-state index in [1.54, 1.807) is 31.1 Å². The smallest absolute Gasteiger partial charge is 0.343 e. The first-order valence-corrected chi connectivity index (χ1v) is 6.75. The van der Waals surface area contributed by atoms with Gasteiger partial charge in [-0.15, -0.1) is 0 Å². The summed E-state index contributed by atoms with van der Waals surface area (Å²) >= 11 is 0. The van der Waals surface area contributed by atoms with Crippen LogP contribution < -0.4 is 9.47 Å². The maximum Gasteiger partial charge on any atom is 0.343 e. The van der Waals surface area contributed by atoms with E-state index in [1.807, 2.05) is 0 Å². The van der Waals surface area contributed by atoms with Gasteiger partial charge >= 0.3 is 5.97 Å². The highest BCUT2D eigenvalue weighted by molar-refractivity contribution is 6.25. The van der Waals surface area contributed by atoms with Crippen LogP contribution in [0.15, 0.2) is 30.0 Å². The molecule has 0 unspecified atom stereocenters. The maximum absolute atomic E-state index is 12.6. The van der Waals surface area contributed by atoms with Crippen molar-refractivity contribution in [2.24, 2.45) is 0 Å². The third kappa shape index (κ3) is 5.00. The zero-order valence-corrected chi connectivity index (χ0v) is 13.9. The van der Waals surface area contributed by atoms with Crippen LogP contribution in [0.25, 0.3) is 0 Å². The fourth-order valence-electron chi connectivity index (χ4n) is 1.79. The van der Waals surface area contributed by atoms with E-state index in [0.717, 1.165) is 0 Å². The first-order chi connectivity index (χ1) is 10.9. The molecule has 0 heterocycles. The number of benzene rings is 1. The van der Waals surface area contributed by atoms with E-state index >= 15 is 0 Å². The predicted octanol–water partition coefficient (Wildman–Crippen LogP) is 1.48. The SMILES string of the molecule is COCOc1ccc(C(=O)C(=CN(C)C)C(=O)OC)c(OC)c1. The average Bonchev–Trinajstić information content (AvgIpc) is 2.56. The summed E-state index contributed by atoms with van der Waals surface area (Å²) < 4.78 is 20.0. The van der Waals surface area contributed by atoms with Crippen molar-refractivity contribution in [3.05, 3.63) is 35.5 Å². The van der Waals surface area contributed by atoms with Crippen LogP contribution in [0.3, 0.4) is 0 Å². The molecule has 0 aliphatic rings. The number of carbonyl (C=O) groups excluding carboxylic acids is 2. The quantitative estimate of drug-likeness (QED) is 0.179. The lowest BCUT2D eigenvalue weighted by Gasteiger charge is -2.13. The highest BCUT2D eigenvalue weighted by Gasteiger charge is 2.24. The number of esters is 1. The van der Waals surface area contributed by atoms with Crippen LogP contribution in [-0.4, -0.2) is 58.9 Å². The van der Waals surface area contributed by atoms with Gasteiger partial charge in [-0.05, 0) is 12.1 Å². The average molecular weight is 323 g/mol. The summed E-state index contributed by atoms with van der Waals surface area (Å²) in [7, 11) is 7.56. The molecule has 0 fully saturated rings. The van der Waals surface area contributed by atoms with Crippen molar-refractivity contribution in [3.63, 3.8) is 0 Å². The van der Waals surface area contributed by atoms with Crippen molar-refractivity contribution < 1.29 is 28.5 Å². The number of hydrogen-bond acceptors (Lipinski definition) is 7. The first kappa shape index (κ1) is 18.5. The Labute approximate surface area is 135 Å². The molecule has 0 amide bonds. The Morgan fingerprint density at radius 3 is 2.39 bits per heavy atom. The molecule has 0 aliphatic heterocycles. The number of Topliss-reactive ketones (excluding diaryl/α,β-unsaturated/α-hetero) is 1. The van der Waals surface area contributed by atoms with E-state index in [2.05, 4.69) is 4.74 Å². The van der Waals surface area contributed by atoms with Gasteiger partial charge in [0.2, 0.25) is 5.78 Å². The molecular formula is C16H21NO6. The van der Waals surface area contributed by atoms with Crippen LogP contribution in [-0.2, 0) is 14.3 Å². The molecule has 7 nitrogen and oxygen atoms in total. The maximum atomic E-state index is 12.6. The zero-order valence-electron chi connectivity index (χ0n) is 13.9. The Morgan fingerprint density at radius 1 is 1.17 bits per heavy atom. The largest absolute Gasteiger partial charge is 0.496 e. The third-order valence-electron chi connectivity index (χ3n) is 2.80. The molecule has 23 heavy (non-hydrogen) atoms. The van der Waals surface area contributed by atoms with Crippen LogP contribution in [0.4, 0.5) is 0 Å². The van der Waals surface area contributed by atoms with E-state index in [4.69, 9.17) is 14.2 Å². The second-order valence-corrected chi connectivity index (χ2v) is 4.74. The van der Waals surface area contributed by atoms with E-state index in [1.165, 1.54) is 33.6 Å². The van der Waals surface area contributed by atoms with Crippen molar-refractivity contribution in [3.8, 4) is 11.5 Å². The summed E-state index contributed by atoms with van der Waals surface area (Å²) in [5.74, 6) is -0.445. The highest BCUT2D eigenvalue weighted by Crippen LogP contribution is 2.27. The first-order valence-electron chi connectivity index (χ1n) is 6.75. The predicted molar refractivity (Wildman–Crippen MR) is 83.6 cm³/mol. The van der Waals surface area contributed by atoms with Gasteiger partial charge in [-0.25, -0.2) is 4.79 Å². The van der Waals surface area contributed by atoms with Crippen LogP contribution in [0.2, 0.25) is 0 Å². The molecule has 0 radical (unpaired) electrons. The highest BCUT2D eigenvalue weighted by atomic mass is 16.7. The summed E-state index contributed by atoms with van der Waals surface area (Å²) in [6.45, 7) is 0.0738. The molecule has 0 bridgehead atoms. The summed E-state index contributed by atoms with van der Waals surface area (Å²) in [6.07, 6.45) is 1.41. The van der Waals surface area contributed by atoms with Gasteiger partial charge in [0.25, 0.3) is 0 Å². The lowest BCUT2D eigenvalue weighted by Crippen LogP contribution is -2.19. The Morgan fingerprint density at radius 2 is 1.87 bits per heavy atom. The molecule has 0 saturated carbocycles. The molecule has 0 atom stereocenters. The molecule has 1 aromatic carbocycles. The van der Waals surface area contributed by atoms with Crippen molar-refractivity contribution in [2.75, 3.05) is 42.2 Å². The van der Waals surface area contributed by atoms with Crippen LogP contribution >= 0.6 is 0 Å². The Kier molecular flexibility index (Phi) is 7.08. The molecule has 0 N–H and O–H groups in total. The van der Waals surface area contributed by atoms with Gasteiger partial charge in [0.05, 0.1) is 19.8 Å². The Hall–Kier alpha value is -2.54. The van der Waals surface area contributed by atoms with Crippen molar-refractivity contribution >= 4 is 11.8 Å². The number of carbonyl (C=O) groups is 2. The minimum Gasteiger partial charge on any atom is -0.496 e. The third-order valence-corrected chi connectivity index (χ3v) is 2.80. The number of ketones is 1. The number of rotatable bonds is 8. The fraction of sp³-hybridized carbons (Fsp3) is 0.375. The normalized spacial score (nSPS) is 10.9. The van der Waals surface area contributed by atoms with E-state index in [0.29, 0.717) is 5.75 Å². The lowest BCUT2D eigenvalue weighted by molar-refractivity contribution is -0.135. The molecule has 0 spiro atoms. The van der Waals surface area contributed by atoms with E-state index in [9.17, 15) is 9.59 Å². The van der Waals surface area contributed by atoms with Gasteiger partial charge in [0.15, 0.2) is 6.79 Å². The molecule has 0 aliphatic carbocycles. The zero-order chi connectivity index (χ0) is 17.4. The standard InChI is InChI=1S/C16H21NO6/c1-17(2)9-13(16(19)22-5)15(18)12-7-6-11(23-10-20-3)8-14(12)21-4/h6-9H,10H2,1-5H3. The monoisotopic (exact) mass is 323 g/mol. The number of ether oxygens (including phenoxy) is 4. The van der Waals surface area contributed by atoms with Gasteiger partial charge in [-0.3, -0.25) is 4.79 Å². The molecule has 1 aromatic rings. The van der Waals surface area contributed by atoms with Crippen molar-refractivity contribution in [1.29, 1.82) is 0 Å². The fourth-order valence-corrected chi connectivity index (χ4v) is 1.79. The van der Waals surface area contributed by atoms with Crippen molar-refractivity contribution in [1.82, 2.24) is 4.90 Å². The summed E-state index contributed by atoms with van der Waals surface area (Å²) in [5, 5.41) is 0. The lowest BCUT2D eigenvalue weighted by atomic mass is 10.0. The minimum atomic E-state index is -0.717. The Bertz CT molecular complexity index is 594. The summed E-state index contributed by atoms with van der Waals surface area (Å²) in [6, 6.07) is 4.68.